The number of ether oxygens (including phenoxy) is 1. The Balaban J connectivity index is 1.98. The molecule has 0 saturated heterocycles. The number of aromatic nitrogens is 2. The summed E-state index contributed by atoms with van der Waals surface area (Å²) in [5.41, 5.74) is 0.893. The molecule has 2 rings (SSSR count). The number of carbonyl (C=O) groups is 1. The van der Waals surface area contributed by atoms with Gasteiger partial charge in [0.25, 0.3) is 0 Å². The maximum absolute atomic E-state index is 11.8. The van der Waals surface area contributed by atoms with Crippen molar-refractivity contribution in [2.45, 2.75) is 19.8 Å². The second-order valence-electron chi connectivity index (χ2n) is 4.70. The van der Waals surface area contributed by atoms with E-state index in [1.54, 1.807) is 13.2 Å². The van der Waals surface area contributed by atoms with Gasteiger partial charge in [0, 0.05) is 12.0 Å². The van der Waals surface area contributed by atoms with Crippen molar-refractivity contribution in [2.24, 2.45) is 0 Å². The summed E-state index contributed by atoms with van der Waals surface area (Å²) in [5.74, 6) is 0.827. The van der Waals surface area contributed by atoms with Gasteiger partial charge in [-0.25, -0.2) is 0 Å². The molecule has 0 radical (unpaired) electrons. The summed E-state index contributed by atoms with van der Waals surface area (Å²) >= 11 is 1.39. The number of hydrogen-bond donors (Lipinski definition) is 1. The van der Waals surface area contributed by atoms with E-state index in [4.69, 9.17) is 4.74 Å². The van der Waals surface area contributed by atoms with E-state index >= 15 is 0 Å². The van der Waals surface area contributed by atoms with Crippen molar-refractivity contribution in [1.82, 2.24) is 10.2 Å². The van der Waals surface area contributed by atoms with Gasteiger partial charge in [-0.15, -0.1) is 10.2 Å². The zero-order valence-electron chi connectivity index (χ0n) is 12.2. The molecule has 0 saturated carbocycles. The first-order valence-corrected chi connectivity index (χ1v) is 7.36. The number of nitrogens with one attached hydrogen (secondary N) is 1. The largest absolute Gasteiger partial charge is 0.497 e. The lowest BCUT2D eigenvalue weighted by atomic mass is 10.2. The van der Waals surface area contributed by atoms with Gasteiger partial charge in [0.1, 0.15) is 10.8 Å². The van der Waals surface area contributed by atoms with Crippen molar-refractivity contribution in [3.63, 3.8) is 0 Å². The first-order valence-electron chi connectivity index (χ1n) is 6.55. The van der Waals surface area contributed by atoms with Gasteiger partial charge in [0.05, 0.1) is 7.11 Å². The Labute approximate surface area is 127 Å². The summed E-state index contributed by atoms with van der Waals surface area (Å²) in [4.78, 5) is 11.8. The zero-order valence-corrected chi connectivity index (χ0v) is 13.0. The predicted octanol–water partition coefficient (Wildman–Crippen LogP) is 3.32. The maximum atomic E-state index is 11.8. The average Bonchev–Trinajstić information content (AvgIpc) is 2.94. The van der Waals surface area contributed by atoms with Crippen LogP contribution < -0.4 is 10.1 Å². The number of rotatable bonds is 5. The average molecular weight is 303 g/mol. The number of nitrogens with zero attached hydrogens (tertiary/aromatic N) is 2. The van der Waals surface area contributed by atoms with Crippen molar-refractivity contribution < 1.29 is 9.53 Å². The van der Waals surface area contributed by atoms with Crippen LogP contribution in [0.15, 0.2) is 30.3 Å². The van der Waals surface area contributed by atoms with Gasteiger partial charge in [0.2, 0.25) is 11.0 Å². The summed E-state index contributed by atoms with van der Waals surface area (Å²) in [6.07, 6.45) is 3.19. The number of hydrogen-bond acceptors (Lipinski definition) is 5. The third-order valence-electron chi connectivity index (χ3n) is 2.69. The minimum atomic E-state index is -0.232. The van der Waals surface area contributed by atoms with E-state index in [9.17, 15) is 4.79 Å². The minimum absolute atomic E-state index is 0.232. The highest BCUT2D eigenvalue weighted by Gasteiger charge is 2.08. The van der Waals surface area contributed by atoms with Gasteiger partial charge < -0.3 is 4.74 Å². The topological polar surface area (TPSA) is 64.1 Å². The molecular formula is C15H17N3O2S. The second kappa shape index (κ2) is 6.99. The lowest BCUT2D eigenvalue weighted by molar-refractivity contribution is -0.111. The van der Waals surface area contributed by atoms with Crippen LogP contribution in [-0.2, 0) is 4.79 Å². The predicted molar refractivity (Wildman–Crippen MR) is 84.7 cm³/mol. The van der Waals surface area contributed by atoms with E-state index in [-0.39, 0.29) is 5.91 Å². The molecule has 1 amide bonds. The molecule has 1 heterocycles. The summed E-state index contributed by atoms with van der Waals surface area (Å²) in [5, 5.41) is 12.1. The van der Waals surface area contributed by atoms with Crippen molar-refractivity contribution in [1.29, 1.82) is 0 Å². The van der Waals surface area contributed by atoms with Gasteiger partial charge in [-0.2, -0.15) is 0 Å². The Hall–Kier alpha value is -2.21. The van der Waals surface area contributed by atoms with Gasteiger partial charge in [0.15, 0.2) is 0 Å². The van der Waals surface area contributed by atoms with Gasteiger partial charge in [-0.1, -0.05) is 37.3 Å². The van der Waals surface area contributed by atoms with Crippen molar-refractivity contribution in [3.05, 3.63) is 40.9 Å². The zero-order chi connectivity index (χ0) is 15.2. The fourth-order valence-corrected chi connectivity index (χ4v) is 2.33. The molecule has 0 fully saturated rings. The monoisotopic (exact) mass is 303 g/mol. The van der Waals surface area contributed by atoms with Crippen LogP contribution in [0.5, 0.6) is 5.75 Å². The lowest BCUT2D eigenvalue weighted by Crippen LogP contribution is -2.07. The summed E-state index contributed by atoms with van der Waals surface area (Å²) < 4.78 is 5.13. The third-order valence-corrected chi connectivity index (χ3v) is 3.82. The van der Waals surface area contributed by atoms with Crippen LogP contribution in [0.1, 0.15) is 30.3 Å². The molecule has 1 N–H and O–H groups in total. The molecular weight excluding hydrogens is 286 g/mol. The quantitative estimate of drug-likeness (QED) is 0.861. The first-order chi connectivity index (χ1) is 10.1. The molecule has 0 bridgehead atoms. The minimum Gasteiger partial charge on any atom is -0.497 e. The Bertz CT molecular complexity index is 650. The second-order valence-corrected chi connectivity index (χ2v) is 5.71. The van der Waals surface area contributed by atoms with Crippen molar-refractivity contribution in [3.8, 4) is 5.75 Å². The third kappa shape index (κ3) is 4.39. The number of amides is 1. The highest BCUT2D eigenvalue weighted by atomic mass is 32.1. The molecule has 0 aliphatic carbocycles. The number of anilines is 1. The van der Waals surface area contributed by atoms with E-state index in [1.165, 1.54) is 17.4 Å². The fraction of sp³-hybridized carbons (Fsp3) is 0.267. The van der Waals surface area contributed by atoms with Gasteiger partial charge >= 0.3 is 0 Å². The van der Waals surface area contributed by atoms with E-state index in [0.717, 1.165) is 16.3 Å². The molecule has 0 aliphatic rings. The van der Waals surface area contributed by atoms with Crippen molar-refractivity contribution >= 4 is 28.5 Å². The molecule has 6 heteroatoms. The summed E-state index contributed by atoms with van der Waals surface area (Å²) in [6.45, 7) is 4.07. The summed E-state index contributed by atoms with van der Waals surface area (Å²) in [6, 6.07) is 7.47. The molecule has 0 unspecified atom stereocenters. The summed E-state index contributed by atoms with van der Waals surface area (Å²) in [7, 11) is 1.61. The van der Waals surface area contributed by atoms with Crippen LogP contribution in [0, 0.1) is 0 Å². The number of carbonyl (C=O) groups excluding carboxylic acids is 1. The van der Waals surface area contributed by atoms with Crippen LogP contribution in [0.2, 0.25) is 0 Å². The Kier molecular flexibility index (Phi) is 5.05. The molecule has 0 atom stereocenters. The first kappa shape index (κ1) is 15.2. The Morgan fingerprint density at radius 2 is 2.19 bits per heavy atom. The van der Waals surface area contributed by atoms with Crippen LogP contribution in [-0.4, -0.2) is 23.2 Å². The maximum Gasteiger partial charge on any atom is 0.250 e. The normalized spacial score (nSPS) is 11.0. The van der Waals surface area contributed by atoms with Crippen LogP contribution in [0.3, 0.4) is 0 Å². The number of benzene rings is 1. The highest BCUT2D eigenvalue weighted by molar-refractivity contribution is 7.15. The van der Waals surface area contributed by atoms with E-state index in [0.29, 0.717) is 11.0 Å². The van der Waals surface area contributed by atoms with E-state index in [1.807, 2.05) is 38.1 Å². The molecule has 0 aliphatic heterocycles. The number of methoxy groups -OCH3 is 1. The molecule has 2 aromatic rings. The van der Waals surface area contributed by atoms with Crippen molar-refractivity contribution in [2.75, 3.05) is 12.4 Å². The fourth-order valence-electron chi connectivity index (χ4n) is 1.58. The highest BCUT2D eigenvalue weighted by Crippen LogP contribution is 2.22. The Morgan fingerprint density at radius 1 is 1.38 bits per heavy atom. The molecule has 1 aromatic heterocycles. The van der Waals surface area contributed by atoms with Gasteiger partial charge in [-0.3, -0.25) is 10.1 Å². The lowest BCUT2D eigenvalue weighted by Gasteiger charge is -2.00. The molecule has 5 nitrogen and oxygen atoms in total. The van der Waals surface area contributed by atoms with E-state index < -0.39 is 0 Å². The Morgan fingerprint density at radius 3 is 2.86 bits per heavy atom. The molecule has 21 heavy (non-hydrogen) atoms. The van der Waals surface area contributed by atoms with Crippen LogP contribution >= 0.6 is 11.3 Å². The smallest absolute Gasteiger partial charge is 0.250 e. The molecule has 110 valence electrons. The standard InChI is InChI=1S/C15H17N3O2S/c1-10(2)14-17-18-15(21-14)16-13(19)8-7-11-5-4-6-12(9-11)20-3/h4-10H,1-3H3,(H,16,18,19). The van der Waals surface area contributed by atoms with Crippen LogP contribution in [0.25, 0.3) is 6.08 Å². The van der Waals surface area contributed by atoms with E-state index in [2.05, 4.69) is 15.5 Å². The van der Waals surface area contributed by atoms with Gasteiger partial charge in [-0.05, 0) is 23.8 Å². The molecule has 1 aromatic carbocycles. The van der Waals surface area contributed by atoms with Crippen LogP contribution in [0.4, 0.5) is 5.13 Å². The SMILES string of the molecule is COc1cccc(C=CC(=O)Nc2nnc(C(C)C)s2)c1. The molecule has 0 spiro atoms.